The lowest BCUT2D eigenvalue weighted by atomic mass is 10.0. The van der Waals surface area contributed by atoms with Crippen LogP contribution in [-0.2, 0) is 0 Å². The van der Waals surface area contributed by atoms with E-state index in [1.54, 1.807) is 21.1 Å². The van der Waals surface area contributed by atoms with Crippen molar-refractivity contribution in [3.8, 4) is 0 Å². The van der Waals surface area contributed by atoms with E-state index in [1.807, 2.05) is 0 Å². The van der Waals surface area contributed by atoms with E-state index in [4.69, 9.17) is 0 Å². The summed E-state index contributed by atoms with van der Waals surface area (Å²) >= 11 is 0. The molecule has 0 spiro atoms. The molecule has 0 unspecified atom stereocenters. The Kier molecular flexibility index (Phi) is 2.24. The van der Waals surface area contributed by atoms with E-state index in [2.05, 4.69) is 74.7 Å². The Labute approximate surface area is 122 Å². The van der Waals surface area contributed by atoms with Crippen LogP contribution < -0.4 is 10.4 Å². The van der Waals surface area contributed by atoms with Crippen LogP contribution in [0, 0.1) is 0 Å². The van der Waals surface area contributed by atoms with Crippen LogP contribution in [0.5, 0.6) is 0 Å². The third-order valence-corrected chi connectivity index (χ3v) is 23.4. The average molecular weight is 293 g/mol. The van der Waals surface area contributed by atoms with Gasteiger partial charge in [0.2, 0.25) is 0 Å². The fraction of sp³-hybridized carbons (Fsp3) is 0.222. The molecule has 0 saturated carbocycles. The standard InChI is InChI=1S/C18H20Si2/c1-19(2)15-9-5-7-13-11-12-14-8-6-10-16(20(19,3)4)18(14)17(13)15/h5-12H,1-4H3. The van der Waals surface area contributed by atoms with Crippen LogP contribution in [0.4, 0.5) is 0 Å². The van der Waals surface area contributed by atoms with Crippen molar-refractivity contribution in [1.82, 2.24) is 0 Å². The fourth-order valence-electron chi connectivity index (χ4n) is 3.87. The second-order valence-corrected chi connectivity index (χ2v) is 22.2. The molecule has 100 valence electrons. The summed E-state index contributed by atoms with van der Waals surface area (Å²) in [5.41, 5.74) is 0. The summed E-state index contributed by atoms with van der Waals surface area (Å²) in [6.07, 6.45) is 0. The third-order valence-electron chi connectivity index (χ3n) is 5.80. The van der Waals surface area contributed by atoms with Gasteiger partial charge in [0, 0.05) is 0 Å². The van der Waals surface area contributed by atoms with Crippen molar-refractivity contribution in [2.75, 3.05) is 0 Å². The monoisotopic (exact) mass is 292 g/mol. The van der Waals surface area contributed by atoms with Gasteiger partial charge in [-0.15, -0.1) is 0 Å². The van der Waals surface area contributed by atoms with E-state index in [0.29, 0.717) is 0 Å². The van der Waals surface area contributed by atoms with E-state index in [9.17, 15) is 0 Å². The lowest BCUT2D eigenvalue weighted by Gasteiger charge is -2.44. The SMILES string of the molecule is C[Si]1(C)c2cccc3ccc4cccc(c4c23)[Si]1(C)C. The number of rotatable bonds is 0. The predicted molar refractivity (Wildman–Crippen MR) is 95.7 cm³/mol. The van der Waals surface area contributed by atoms with Crippen LogP contribution in [0.15, 0.2) is 48.5 Å². The van der Waals surface area contributed by atoms with E-state index in [-0.39, 0.29) is 0 Å². The molecule has 0 nitrogen and oxygen atoms in total. The Balaban J connectivity index is 2.39. The molecule has 0 aliphatic carbocycles. The Bertz CT molecular complexity index is 787. The van der Waals surface area contributed by atoms with E-state index in [1.165, 1.54) is 10.8 Å². The lowest BCUT2D eigenvalue weighted by molar-refractivity contribution is 1.71. The first-order valence-electron chi connectivity index (χ1n) is 7.40. The van der Waals surface area contributed by atoms with Gasteiger partial charge in [-0.1, -0.05) is 85.1 Å². The van der Waals surface area contributed by atoms with E-state index >= 15 is 0 Å². The summed E-state index contributed by atoms with van der Waals surface area (Å²) in [5.74, 6) is 0. The van der Waals surface area contributed by atoms with Crippen molar-refractivity contribution in [3.63, 3.8) is 0 Å². The molecule has 0 amide bonds. The highest BCUT2D eigenvalue weighted by molar-refractivity contribution is 7.51. The van der Waals surface area contributed by atoms with Crippen LogP contribution >= 0.6 is 0 Å². The van der Waals surface area contributed by atoms with Crippen molar-refractivity contribution >= 4 is 47.1 Å². The largest absolute Gasteiger partial charge is 0.0800 e. The van der Waals surface area contributed by atoms with Gasteiger partial charge in [-0.05, 0) is 21.5 Å². The molecule has 0 radical (unpaired) electrons. The highest BCUT2D eigenvalue weighted by atomic mass is 29.3. The van der Waals surface area contributed by atoms with Gasteiger partial charge in [-0.25, -0.2) is 0 Å². The van der Waals surface area contributed by atoms with Gasteiger partial charge in [-0.2, -0.15) is 0 Å². The van der Waals surface area contributed by atoms with Crippen molar-refractivity contribution < 1.29 is 0 Å². The average Bonchev–Trinajstić information content (AvgIpc) is 2.44. The van der Waals surface area contributed by atoms with Crippen LogP contribution in [-0.4, -0.2) is 15.2 Å². The Morgan fingerprint density at radius 3 is 1.35 bits per heavy atom. The zero-order valence-electron chi connectivity index (χ0n) is 12.6. The molecule has 0 aromatic heterocycles. The first kappa shape index (κ1) is 12.4. The van der Waals surface area contributed by atoms with Gasteiger partial charge in [0.25, 0.3) is 0 Å². The van der Waals surface area contributed by atoms with Crippen LogP contribution in [0.1, 0.15) is 0 Å². The first-order valence-corrected chi connectivity index (χ1v) is 14.4. The summed E-state index contributed by atoms with van der Waals surface area (Å²) in [6.45, 7) is 10.3. The summed E-state index contributed by atoms with van der Waals surface area (Å²) in [7, 11) is -2.81. The molecule has 1 aliphatic rings. The maximum atomic E-state index is 2.59. The molecule has 0 N–H and O–H groups in total. The van der Waals surface area contributed by atoms with Crippen molar-refractivity contribution in [2.45, 2.75) is 26.2 Å². The van der Waals surface area contributed by atoms with Gasteiger partial charge >= 0.3 is 0 Å². The minimum Gasteiger partial charge on any atom is -0.0671 e. The Hall–Kier alpha value is -1.39. The zero-order valence-corrected chi connectivity index (χ0v) is 14.6. The molecule has 0 saturated heterocycles. The molecular formula is C18H20Si2. The van der Waals surface area contributed by atoms with Gasteiger partial charge in [0.05, 0.1) is 15.2 Å². The summed E-state index contributed by atoms with van der Waals surface area (Å²) in [4.78, 5) is 0. The third kappa shape index (κ3) is 1.26. The minimum absolute atomic E-state index is 1.41. The van der Waals surface area contributed by atoms with Crippen molar-refractivity contribution in [1.29, 1.82) is 0 Å². The van der Waals surface area contributed by atoms with Crippen LogP contribution in [0.2, 0.25) is 26.2 Å². The van der Waals surface area contributed by atoms with Gasteiger partial charge < -0.3 is 0 Å². The van der Waals surface area contributed by atoms with Crippen molar-refractivity contribution in [3.05, 3.63) is 48.5 Å². The molecule has 0 fully saturated rings. The molecule has 3 aromatic rings. The molecule has 4 rings (SSSR count). The fourth-order valence-corrected chi connectivity index (χ4v) is 13.3. The summed E-state index contributed by atoms with van der Waals surface area (Å²) in [5, 5.41) is 9.35. The molecule has 3 aromatic carbocycles. The molecule has 2 heteroatoms. The van der Waals surface area contributed by atoms with Gasteiger partial charge in [0.1, 0.15) is 0 Å². The topological polar surface area (TPSA) is 0 Å². The highest BCUT2D eigenvalue weighted by Gasteiger charge is 2.47. The first-order chi connectivity index (χ1) is 9.44. The van der Waals surface area contributed by atoms with E-state index in [0.717, 1.165) is 0 Å². The number of benzene rings is 3. The molecule has 0 bridgehead atoms. The normalized spacial score (nSPS) is 18.8. The van der Waals surface area contributed by atoms with E-state index < -0.39 is 15.2 Å². The van der Waals surface area contributed by atoms with Gasteiger partial charge in [0.15, 0.2) is 0 Å². The van der Waals surface area contributed by atoms with Crippen molar-refractivity contribution in [2.24, 2.45) is 0 Å². The highest BCUT2D eigenvalue weighted by Crippen LogP contribution is 2.33. The molecular weight excluding hydrogens is 272 g/mol. The molecule has 1 heterocycles. The molecule has 20 heavy (non-hydrogen) atoms. The van der Waals surface area contributed by atoms with Gasteiger partial charge in [-0.3, -0.25) is 0 Å². The zero-order chi connectivity index (χ0) is 14.1. The Morgan fingerprint density at radius 2 is 0.950 bits per heavy atom. The molecule has 0 atom stereocenters. The van der Waals surface area contributed by atoms with Crippen LogP contribution in [0.25, 0.3) is 21.5 Å². The second kappa shape index (κ2) is 3.63. The van der Waals surface area contributed by atoms with Crippen LogP contribution in [0.3, 0.4) is 0 Å². The number of hydrogen-bond acceptors (Lipinski definition) is 0. The molecule has 1 aliphatic heterocycles. The maximum absolute atomic E-state index is 2.59. The smallest absolute Gasteiger partial charge is 0.0671 e. The second-order valence-electron chi connectivity index (χ2n) is 7.12. The quantitative estimate of drug-likeness (QED) is 0.435. The summed E-state index contributed by atoms with van der Waals surface area (Å²) < 4.78 is 0. The lowest BCUT2D eigenvalue weighted by Crippen LogP contribution is -2.71. The minimum atomic E-state index is -1.41. The number of hydrogen-bond donors (Lipinski definition) is 0. The maximum Gasteiger partial charge on any atom is 0.0800 e. The summed E-state index contributed by atoms with van der Waals surface area (Å²) in [6, 6.07) is 18.5. The Morgan fingerprint density at radius 1 is 0.550 bits per heavy atom. The predicted octanol–water partition coefficient (Wildman–Crippen LogP) is 3.92.